The normalized spacial score (nSPS) is 12.2. The first kappa shape index (κ1) is 13.3. The van der Waals surface area contributed by atoms with Crippen molar-refractivity contribution in [3.8, 4) is 11.5 Å². The van der Waals surface area contributed by atoms with E-state index in [9.17, 15) is 4.39 Å². The molecule has 4 heteroatoms. The van der Waals surface area contributed by atoms with Gasteiger partial charge in [0, 0.05) is 15.2 Å². The number of hydrogen-bond acceptors (Lipinski definition) is 2. The molecule has 0 unspecified atom stereocenters. The molecule has 18 heavy (non-hydrogen) atoms. The summed E-state index contributed by atoms with van der Waals surface area (Å²) in [5.74, 6) is 1.00. The lowest BCUT2D eigenvalue weighted by Gasteiger charge is -2.14. The van der Waals surface area contributed by atoms with Crippen molar-refractivity contribution in [1.29, 1.82) is 0 Å². The Hall–Kier alpha value is -1.14. The van der Waals surface area contributed by atoms with Crippen LogP contribution in [0, 0.1) is 9.39 Å². The van der Waals surface area contributed by atoms with Gasteiger partial charge in [-0.2, -0.15) is 0 Å². The van der Waals surface area contributed by atoms with E-state index in [1.54, 1.807) is 13.0 Å². The molecule has 0 bridgehead atoms. The van der Waals surface area contributed by atoms with Gasteiger partial charge in [-0.05, 0) is 65.9 Å². The molecule has 0 amide bonds. The molecule has 2 aromatic rings. The van der Waals surface area contributed by atoms with Gasteiger partial charge in [0.15, 0.2) is 0 Å². The monoisotopic (exact) mass is 357 g/mol. The Morgan fingerprint density at radius 3 is 2.67 bits per heavy atom. The predicted octanol–water partition coefficient (Wildman–Crippen LogP) is 4.24. The Morgan fingerprint density at radius 2 is 2.00 bits per heavy atom. The number of benzene rings is 2. The highest BCUT2D eigenvalue weighted by Crippen LogP contribution is 2.30. The zero-order valence-corrected chi connectivity index (χ0v) is 12.0. The van der Waals surface area contributed by atoms with E-state index < -0.39 is 0 Å². The Balaban J connectivity index is 2.34. The van der Waals surface area contributed by atoms with E-state index in [1.165, 1.54) is 12.1 Å². The maximum Gasteiger partial charge on any atom is 0.132 e. The summed E-state index contributed by atoms with van der Waals surface area (Å²) in [6, 6.07) is 11.8. The van der Waals surface area contributed by atoms with E-state index in [2.05, 4.69) is 22.6 Å². The Kier molecular flexibility index (Phi) is 4.19. The largest absolute Gasteiger partial charge is 0.457 e. The van der Waals surface area contributed by atoms with Crippen molar-refractivity contribution in [3.05, 3.63) is 57.4 Å². The third-order valence-corrected chi connectivity index (χ3v) is 3.16. The third-order valence-electron chi connectivity index (χ3n) is 2.49. The van der Waals surface area contributed by atoms with Crippen LogP contribution < -0.4 is 10.5 Å². The molecule has 2 nitrogen and oxygen atoms in total. The first-order valence-electron chi connectivity index (χ1n) is 5.54. The summed E-state index contributed by atoms with van der Waals surface area (Å²) in [7, 11) is 0. The first-order chi connectivity index (χ1) is 8.56. The Bertz CT molecular complexity index is 557. The van der Waals surface area contributed by atoms with Gasteiger partial charge in [-0.1, -0.05) is 6.07 Å². The molecule has 0 aliphatic heterocycles. The van der Waals surface area contributed by atoms with Crippen LogP contribution in [-0.4, -0.2) is 0 Å². The maximum atomic E-state index is 13.2. The predicted molar refractivity (Wildman–Crippen MR) is 78.2 cm³/mol. The topological polar surface area (TPSA) is 35.2 Å². The molecule has 2 rings (SSSR count). The highest BCUT2D eigenvalue weighted by molar-refractivity contribution is 14.1. The van der Waals surface area contributed by atoms with Crippen molar-refractivity contribution in [2.45, 2.75) is 13.0 Å². The molecule has 0 spiro atoms. The highest BCUT2D eigenvalue weighted by atomic mass is 127. The fourth-order valence-corrected chi connectivity index (χ4v) is 2.14. The molecule has 0 heterocycles. The summed E-state index contributed by atoms with van der Waals surface area (Å²) >= 11 is 2.21. The van der Waals surface area contributed by atoms with E-state index in [0.29, 0.717) is 11.3 Å². The van der Waals surface area contributed by atoms with E-state index in [0.717, 1.165) is 9.32 Å². The molecule has 1 atom stereocenters. The quantitative estimate of drug-likeness (QED) is 0.834. The standard InChI is InChI=1S/C14H13FINO/c1-9(17)13-7-10(15)5-6-14(13)18-12-4-2-3-11(16)8-12/h2-9H,17H2,1H3/t9-/m0/s1. The number of nitrogens with two attached hydrogens (primary N) is 1. The summed E-state index contributed by atoms with van der Waals surface area (Å²) in [5.41, 5.74) is 6.48. The van der Waals surface area contributed by atoms with Crippen LogP contribution >= 0.6 is 22.6 Å². The van der Waals surface area contributed by atoms with Crippen LogP contribution in [0.3, 0.4) is 0 Å². The van der Waals surface area contributed by atoms with Crippen LogP contribution in [0.5, 0.6) is 11.5 Å². The summed E-state index contributed by atoms with van der Waals surface area (Å²) in [6.07, 6.45) is 0. The van der Waals surface area contributed by atoms with Crippen molar-refractivity contribution < 1.29 is 9.13 Å². The molecule has 0 fully saturated rings. The molecule has 0 saturated carbocycles. The van der Waals surface area contributed by atoms with Crippen LogP contribution in [0.2, 0.25) is 0 Å². The van der Waals surface area contributed by atoms with Crippen molar-refractivity contribution in [2.75, 3.05) is 0 Å². The molecule has 0 aromatic heterocycles. The molecule has 2 aromatic carbocycles. The van der Waals surface area contributed by atoms with Gasteiger partial charge >= 0.3 is 0 Å². The van der Waals surface area contributed by atoms with Gasteiger partial charge in [-0.15, -0.1) is 0 Å². The Morgan fingerprint density at radius 1 is 1.22 bits per heavy atom. The van der Waals surface area contributed by atoms with Crippen LogP contribution in [-0.2, 0) is 0 Å². The van der Waals surface area contributed by atoms with Crippen molar-refractivity contribution in [2.24, 2.45) is 5.73 Å². The fraction of sp³-hybridized carbons (Fsp3) is 0.143. The number of ether oxygens (including phenoxy) is 1. The zero-order chi connectivity index (χ0) is 13.1. The van der Waals surface area contributed by atoms with E-state index in [1.807, 2.05) is 24.3 Å². The van der Waals surface area contributed by atoms with Crippen molar-refractivity contribution in [1.82, 2.24) is 0 Å². The van der Waals surface area contributed by atoms with Gasteiger partial charge in [-0.3, -0.25) is 0 Å². The SMILES string of the molecule is C[C@H](N)c1cc(F)ccc1Oc1cccc(I)c1. The minimum Gasteiger partial charge on any atom is -0.457 e. The van der Waals surface area contributed by atoms with Crippen LogP contribution in [0.25, 0.3) is 0 Å². The Labute approximate surface area is 119 Å². The smallest absolute Gasteiger partial charge is 0.132 e. The van der Waals surface area contributed by atoms with Gasteiger partial charge in [0.05, 0.1) is 0 Å². The van der Waals surface area contributed by atoms with Gasteiger partial charge in [0.1, 0.15) is 17.3 Å². The second-order valence-electron chi connectivity index (χ2n) is 4.03. The molecule has 0 saturated heterocycles. The second kappa shape index (κ2) is 5.67. The van der Waals surface area contributed by atoms with Gasteiger partial charge in [0.2, 0.25) is 0 Å². The molecule has 0 radical (unpaired) electrons. The minimum atomic E-state index is -0.308. The summed E-state index contributed by atoms with van der Waals surface area (Å²) in [5, 5.41) is 0. The average molecular weight is 357 g/mol. The maximum absolute atomic E-state index is 13.2. The lowest BCUT2D eigenvalue weighted by molar-refractivity contribution is 0.469. The summed E-state index contributed by atoms with van der Waals surface area (Å²) in [6.45, 7) is 1.80. The molecule has 0 aliphatic rings. The van der Waals surface area contributed by atoms with Gasteiger partial charge in [-0.25, -0.2) is 4.39 Å². The van der Waals surface area contributed by atoms with Crippen LogP contribution in [0.15, 0.2) is 42.5 Å². The number of halogens is 2. The van der Waals surface area contributed by atoms with Gasteiger partial charge in [0.25, 0.3) is 0 Å². The summed E-state index contributed by atoms with van der Waals surface area (Å²) < 4.78 is 20.0. The molecule has 0 aliphatic carbocycles. The lowest BCUT2D eigenvalue weighted by Crippen LogP contribution is -2.07. The van der Waals surface area contributed by atoms with E-state index >= 15 is 0 Å². The number of rotatable bonds is 3. The van der Waals surface area contributed by atoms with E-state index in [-0.39, 0.29) is 11.9 Å². The van der Waals surface area contributed by atoms with Crippen LogP contribution in [0.1, 0.15) is 18.5 Å². The van der Waals surface area contributed by atoms with Crippen LogP contribution in [0.4, 0.5) is 4.39 Å². The first-order valence-corrected chi connectivity index (χ1v) is 6.62. The highest BCUT2D eigenvalue weighted by Gasteiger charge is 2.10. The summed E-state index contributed by atoms with van der Waals surface area (Å²) in [4.78, 5) is 0. The molecule has 2 N–H and O–H groups in total. The second-order valence-corrected chi connectivity index (χ2v) is 5.28. The van der Waals surface area contributed by atoms with Crippen molar-refractivity contribution >= 4 is 22.6 Å². The molecular formula is C14H13FINO. The van der Waals surface area contributed by atoms with Crippen molar-refractivity contribution in [3.63, 3.8) is 0 Å². The fourth-order valence-electron chi connectivity index (χ4n) is 1.63. The van der Waals surface area contributed by atoms with E-state index in [4.69, 9.17) is 10.5 Å². The van der Waals surface area contributed by atoms with Gasteiger partial charge < -0.3 is 10.5 Å². The average Bonchev–Trinajstić information content (AvgIpc) is 2.31. The molecule has 94 valence electrons. The minimum absolute atomic E-state index is 0.279. The molecular weight excluding hydrogens is 344 g/mol. The zero-order valence-electron chi connectivity index (χ0n) is 9.86. The number of hydrogen-bond donors (Lipinski definition) is 1. The lowest BCUT2D eigenvalue weighted by atomic mass is 10.1. The third kappa shape index (κ3) is 3.20.